The van der Waals surface area contributed by atoms with Crippen LogP contribution in [0.15, 0.2) is 6.20 Å². The summed E-state index contributed by atoms with van der Waals surface area (Å²) in [5, 5.41) is 14.7. The van der Waals surface area contributed by atoms with Gasteiger partial charge in [0.25, 0.3) is 0 Å². The standard InChI is InChI=1S/C9H14N4O4/c1-4-17-8(14)6-11(2)9-7(13(15)16)5-12(3)10-9/h5H,4,6H2,1-3H3. The number of aryl methyl sites for hydroxylation is 1. The molecule has 8 heteroatoms. The van der Waals surface area contributed by atoms with Crippen molar-refractivity contribution in [1.29, 1.82) is 0 Å². The van der Waals surface area contributed by atoms with E-state index in [9.17, 15) is 14.9 Å². The van der Waals surface area contributed by atoms with Gasteiger partial charge in [0, 0.05) is 14.1 Å². The summed E-state index contributed by atoms with van der Waals surface area (Å²) in [6.07, 6.45) is 1.29. The van der Waals surface area contributed by atoms with Gasteiger partial charge in [-0.05, 0) is 6.92 Å². The van der Waals surface area contributed by atoms with Crippen LogP contribution in [0.5, 0.6) is 0 Å². The van der Waals surface area contributed by atoms with E-state index in [1.807, 2.05) is 0 Å². The number of aromatic nitrogens is 2. The predicted octanol–water partition coefficient (Wildman–Crippen LogP) is 0.328. The molecule has 1 heterocycles. The molecule has 17 heavy (non-hydrogen) atoms. The van der Waals surface area contributed by atoms with Crippen molar-refractivity contribution in [1.82, 2.24) is 9.78 Å². The van der Waals surface area contributed by atoms with Gasteiger partial charge in [-0.3, -0.25) is 19.6 Å². The molecule has 0 fully saturated rings. The minimum absolute atomic E-state index is 0.0777. The summed E-state index contributed by atoms with van der Waals surface area (Å²) in [4.78, 5) is 22.9. The maximum Gasteiger partial charge on any atom is 0.330 e. The number of hydrogen-bond acceptors (Lipinski definition) is 6. The fraction of sp³-hybridized carbons (Fsp3) is 0.556. The largest absolute Gasteiger partial charge is 0.465 e. The molecule has 1 aromatic rings. The predicted molar refractivity (Wildman–Crippen MR) is 59.8 cm³/mol. The van der Waals surface area contributed by atoms with Crippen LogP contribution in [0.1, 0.15) is 6.92 Å². The molecule has 0 radical (unpaired) electrons. The molecule has 0 saturated carbocycles. The molecule has 0 bridgehead atoms. The summed E-state index contributed by atoms with van der Waals surface area (Å²) in [6, 6.07) is 0. The van der Waals surface area contributed by atoms with Crippen molar-refractivity contribution in [3.63, 3.8) is 0 Å². The van der Waals surface area contributed by atoms with Gasteiger partial charge in [-0.15, -0.1) is 5.10 Å². The zero-order chi connectivity index (χ0) is 13.0. The second kappa shape index (κ2) is 5.28. The smallest absolute Gasteiger partial charge is 0.330 e. The average molecular weight is 242 g/mol. The molecule has 8 nitrogen and oxygen atoms in total. The lowest BCUT2D eigenvalue weighted by atomic mass is 10.4. The lowest BCUT2D eigenvalue weighted by Crippen LogP contribution is -2.28. The Balaban J connectivity index is 2.84. The summed E-state index contributed by atoms with van der Waals surface area (Å²) in [5.41, 5.74) is -0.140. The number of nitrogens with zero attached hydrogens (tertiary/aromatic N) is 4. The number of esters is 1. The Morgan fingerprint density at radius 3 is 2.88 bits per heavy atom. The van der Waals surface area contributed by atoms with Crippen LogP contribution in [0, 0.1) is 10.1 Å². The van der Waals surface area contributed by atoms with E-state index in [0.717, 1.165) is 0 Å². The topological polar surface area (TPSA) is 90.5 Å². The van der Waals surface area contributed by atoms with Crippen molar-refractivity contribution in [2.45, 2.75) is 6.92 Å². The van der Waals surface area contributed by atoms with Crippen molar-refractivity contribution in [2.24, 2.45) is 7.05 Å². The average Bonchev–Trinajstić information content (AvgIpc) is 2.60. The highest BCUT2D eigenvalue weighted by atomic mass is 16.6. The molecule has 0 spiro atoms. The molecular weight excluding hydrogens is 228 g/mol. The van der Waals surface area contributed by atoms with Crippen LogP contribution >= 0.6 is 0 Å². The Hall–Kier alpha value is -2.12. The van der Waals surface area contributed by atoms with E-state index in [1.54, 1.807) is 21.0 Å². The lowest BCUT2D eigenvalue weighted by molar-refractivity contribution is -0.384. The van der Waals surface area contributed by atoms with Crippen LogP contribution in [-0.4, -0.2) is 40.9 Å². The lowest BCUT2D eigenvalue weighted by Gasteiger charge is -2.14. The molecule has 0 aliphatic heterocycles. The number of anilines is 1. The van der Waals surface area contributed by atoms with Crippen molar-refractivity contribution in [3.05, 3.63) is 16.3 Å². The van der Waals surface area contributed by atoms with Gasteiger partial charge >= 0.3 is 11.7 Å². The number of carbonyl (C=O) groups excluding carboxylic acids is 1. The number of hydrogen-bond donors (Lipinski definition) is 0. The second-order valence-corrected chi connectivity index (χ2v) is 3.43. The molecule has 0 saturated heterocycles. The minimum Gasteiger partial charge on any atom is -0.465 e. The first kappa shape index (κ1) is 12.9. The van der Waals surface area contributed by atoms with Gasteiger partial charge in [0.15, 0.2) is 0 Å². The fourth-order valence-electron chi connectivity index (χ4n) is 1.34. The summed E-state index contributed by atoms with van der Waals surface area (Å²) >= 11 is 0. The fourth-order valence-corrected chi connectivity index (χ4v) is 1.34. The zero-order valence-corrected chi connectivity index (χ0v) is 9.91. The van der Waals surface area contributed by atoms with E-state index in [4.69, 9.17) is 4.74 Å². The minimum atomic E-state index is -0.538. The summed E-state index contributed by atoms with van der Waals surface area (Å²) in [7, 11) is 3.13. The maximum atomic E-state index is 11.2. The highest BCUT2D eigenvalue weighted by molar-refractivity contribution is 5.76. The molecule has 94 valence electrons. The number of rotatable bonds is 5. The van der Waals surface area contributed by atoms with Gasteiger partial charge in [-0.2, -0.15) is 0 Å². The zero-order valence-electron chi connectivity index (χ0n) is 9.91. The van der Waals surface area contributed by atoms with Crippen LogP contribution in [0.4, 0.5) is 11.5 Å². The molecule has 0 aromatic carbocycles. The summed E-state index contributed by atoms with van der Waals surface area (Å²) in [5.74, 6) is -0.305. The van der Waals surface area contributed by atoms with Crippen LogP contribution in [0.3, 0.4) is 0 Å². The van der Waals surface area contributed by atoms with Gasteiger partial charge in [-0.25, -0.2) is 0 Å². The van der Waals surface area contributed by atoms with E-state index < -0.39 is 10.9 Å². The van der Waals surface area contributed by atoms with Crippen LogP contribution in [0.25, 0.3) is 0 Å². The van der Waals surface area contributed by atoms with Gasteiger partial charge < -0.3 is 9.64 Å². The highest BCUT2D eigenvalue weighted by Crippen LogP contribution is 2.24. The van der Waals surface area contributed by atoms with Gasteiger partial charge in [0.05, 0.1) is 11.5 Å². The normalized spacial score (nSPS) is 10.1. The Morgan fingerprint density at radius 1 is 1.71 bits per heavy atom. The molecular formula is C9H14N4O4. The molecule has 0 aliphatic carbocycles. The first-order valence-corrected chi connectivity index (χ1v) is 5.00. The van der Waals surface area contributed by atoms with Crippen LogP contribution < -0.4 is 4.90 Å². The Morgan fingerprint density at radius 2 is 2.35 bits per heavy atom. The molecule has 0 amide bonds. The summed E-state index contributed by atoms with van der Waals surface area (Å²) < 4.78 is 6.08. The van der Waals surface area contributed by atoms with Gasteiger partial charge in [0.2, 0.25) is 5.82 Å². The Labute approximate surface area is 97.9 Å². The summed E-state index contributed by atoms with van der Waals surface area (Å²) in [6.45, 7) is 1.89. The molecule has 1 rings (SSSR count). The second-order valence-electron chi connectivity index (χ2n) is 3.43. The third-order valence-electron chi connectivity index (χ3n) is 2.02. The van der Waals surface area contributed by atoms with E-state index in [2.05, 4.69) is 5.10 Å². The molecule has 1 aromatic heterocycles. The van der Waals surface area contributed by atoms with Gasteiger partial charge in [0.1, 0.15) is 12.7 Å². The third-order valence-corrected chi connectivity index (χ3v) is 2.02. The van der Waals surface area contributed by atoms with Crippen molar-refractivity contribution in [2.75, 3.05) is 25.1 Å². The number of ether oxygens (including phenoxy) is 1. The van der Waals surface area contributed by atoms with Gasteiger partial charge in [-0.1, -0.05) is 0 Å². The molecule has 0 N–H and O–H groups in total. The van der Waals surface area contributed by atoms with E-state index in [0.29, 0.717) is 0 Å². The molecule has 0 atom stereocenters. The van der Waals surface area contributed by atoms with E-state index >= 15 is 0 Å². The third kappa shape index (κ3) is 3.16. The van der Waals surface area contributed by atoms with E-state index in [-0.39, 0.29) is 24.7 Å². The Kier molecular flexibility index (Phi) is 4.02. The monoisotopic (exact) mass is 242 g/mol. The SMILES string of the molecule is CCOC(=O)CN(C)c1nn(C)cc1[N+](=O)[O-]. The first-order valence-electron chi connectivity index (χ1n) is 5.00. The number of nitro groups is 1. The highest BCUT2D eigenvalue weighted by Gasteiger charge is 2.23. The van der Waals surface area contributed by atoms with E-state index in [1.165, 1.54) is 15.8 Å². The maximum absolute atomic E-state index is 11.2. The van der Waals surface area contributed by atoms with Crippen molar-refractivity contribution < 1.29 is 14.5 Å². The van der Waals surface area contributed by atoms with Crippen molar-refractivity contribution >= 4 is 17.5 Å². The van der Waals surface area contributed by atoms with Crippen LogP contribution in [0.2, 0.25) is 0 Å². The first-order chi connectivity index (χ1) is 7.95. The Bertz CT molecular complexity index is 429. The number of likely N-dealkylation sites (N-methyl/N-ethyl adjacent to an activating group) is 1. The molecule has 0 unspecified atom stereocenters. The number of carbonyl (C=O) groups is 1. The molecule has 0 aliphatic rings. The quantitative estimate of drug-likeness (QED) is 0.420. The van der Waals surface area contributed by atoms with Crippen LogP contribution in [-0.2, 0) is 16.6 Å². The van der Waals surface area contributed by atoms with Crippen molar-refractivity contribution in [3.8, 4) is 0 Å².